The van der Waals surface area contributed by atoms with Gasteiger partial charge in [0.25, 0.3) is 0 Å². The van der Waals surface area contributed by atoms with Crippen LogP contribution in [-0.4, -0.2) is 58.6 Å². The molecule has 0 saturated carbocycles. The van der Waals surface area contributed by atoms with Crippen molar-refractivity contribution in [1.29, 1.82) is 0 Å². The number of nitrogens with two attached hydrogens (primary N) is 1. The van der Waals surface area contributed by atoms with Crippen molar-refractivity contribution in [2.24, 2.45) is 0 Å². The van der Waals surface area contributed by atoms with Crippen LogP contribution in [0.1, 0.15) is 88.4 Å². The van der Waals surface area contributed by atoms with E-state index in [2.05, 4.69) is 15.5 Å². The summed E-state index contributed by atoms with van der Waals surface area (Å²) in [6.45, 7) is 6.94. The molecule has 49 heavy (non-hydrogen) atoms. The minimum atomic E-state index is -0.675. The fourth-order valence-corrected chi connectivity index (χ4v) is 6.16. The SMILES string of the molecule is CC(C)(C)OC(=O)[C@@H]1CCCN1C[C@@H]1C[C@H](c2ccc(CO)cc2)O[C@H](c2ccc(NC(=O)CCCC(=O)Nc3ccccc3N)cc2)O1. The van der Waals surface area contributed by atoms with Crippen molar-refractivity contribution in [3.63, 3.8) is 0 Å². The first-order valence-corrected chi connectivity index (χ1v) is 17.0. The molecule has 0 unspecified atom stereocenters. The first-order chi connectivity index (χ1) is 23.5. The van der Waals surface area contributed by atoms with E-state index in [1.807, 2.05) is 57.2 Å². The Morgan fingerprint density at radius 1 is 0.918 bits per heavy atom. The molecule has 0 radical (unpaired) electrons. The number of amides is 2. The van der Waals surface area contributed by atoms with Gasteiger partial charge < -0.3 is 35.7 Å². The summed E-state index contributed by atoms with van der Waals surface area (Å²) in [4.78, 5) is 40.1. The number of likely N-dealkylation sites (tertiary alicyclic amines) is 1. The molecule has 3 aromatic rings. The second-order valence-electron chi connectivity index (χ2n) is 13.7. The van der Waals surface area contributed by atoms with Gasteiger partial charge in [-0.15, -0.1) is 0 Å². The number of para-hydroxylation sites is 2. The van der Waals surface area contributed by atoms with Crippen LogP contribution in [-0.2, 0) is 35.2 Å². The molecule has 2 aliphatic heterocycles. The van der Waals surface area contributed by atoms with Gasteiger partial charge in [-0.05, 0) is 82.0 Å². The predicted molar refractivity (Wildman–Crippen MR) is 187 cm³/mol. The van der Waals surface area contributed by atoms with Crippen LogP contribution in [0.4, 0.5) is 17.1 Å². The molecule has 2 amide bonds. The third-order valence-electron chi connectivity index (χ3n) is 8.60. The number of nitrogens with zero attached hydrogens (tertiary/aromatic N) is 1. The quantitative estimate of drug-likeness (QED) is 0.137. The topological polar surface area (TPSA) is 152 Å². The predicted octanol–water partition coefficient (Wildman–Crippen LogP) is 5.86. The van der Waals surface area contributed by atoms with Gasteiger partial charge in [0, 0.05) is 37.1 Å². The summed E-state index contributed by atoms with van der Waals surface area (Å²) < 4.78 is 18.7. The maximum Gasteiger partial charge on any atom is 0.323 e. The van der Waals surface area contributed by atoms with E-state index in [0.717, 1.165) is 36.1 Å². The number of carbonyl (C=O) groups excluding carboxylic acids is 3. The van der Waals surface area contributed by atoms with E-state index >= 15 is 0 Å². The third-order valence-corrected chi connectivity index (χ3v) is 8.60. The molecule has 2 saturated heterocycles. The van der Waals surface area contributed by atoms with Crippen LogP contribution in [0.3, 0.4) is 0 Å². The fraction of sp³-hybridized carbons (Fsp3) is 0.447. The van der Waals surface area contributed by atoms with Crippen molar-refractivity contribution in [2.75, 3.05) is 29.5 Å². The largest absolute Gasteiger partial charge is 0.459 e. The number of esters is 1. The van der Waals surface area contributed by atoms with Gasteiger partial charge in [0.2, 0.25) is 11.8 Å². The van der Waals surface area contributed by atoms with E-state index in [9.17, 15) is 19.5 Å². The number of anilines is 3. The molecular formula is C38H48N4O7. The Hall–Kier alpha value is -4.29. The summed E-state index contributed by atoms with van der Waals surface area (Å²) in [6, 6.07) is 21.8. The first kappa shape index (κ1) is 36.0. The van der Waals surface area contributed by atoms with Gasteiger partial charge in [0.15, 0.2) is 6.29 Å². The molecule has 0 bridgehead atoms. The Balaban J connectivity index is 1.20. The van der Waals surface area contributed by atoms with Gasteiger partial charge in [0.1, 0.15) is 11.6 Å². The Kier molecular flexibility index (Phi) is 12.1. The Morgan fingerprint density at radius 2 is 1.59 bits per heavy atom. The molecule has 11 nitrogen and oxygen atoms in total. The second kappa shape index (κ2) is 16.4. The Bertz CT molecular complexity index is 1570. The Morgan fingerprint density at radius 3 is 2.27 bits per heavy atom. The zero-order chi connectivity index (χ0) is 35.0. The lowest BCUT2D eigenvalue weighted by atomic mass is 9.99. The average Bonchev–Trinajstić information content (AvgIpc) is 3.53. The molecule has 5 N–H and O–H groups in total. The summed E-state index contributed by atoms with van der Waals surface area (Å²) >= 11 is 0. The highest BCUT2D eigenvalue weighted by atomic mass is 16.7. The molecule has 2 fully saturated rings. The van der Waals surface area contributed by atoms with Crippen molar-refractivity contribution < 1.29 is 33.7 Å². The molecular weight excluding hydrogens is 624 g/mol. The highest BCUT2D eigenvalue weighted by Crippen LogP contribution is 2.39. The van der Waals surface area contributed by atoms with Crippen molar-refractivity contribution in [3.05, 3.63) is 89.5 Å². The molecule has 2 aliphatic rings. The number of rotatable bonds is 12. The zero-order valence-corrected chi connectivity index (χ0v) is 28.5. The maximum atomic E-state index is 13.0. The molecule has 262 valence electrons. The molecule has 4 atom stereocenters. The van der Waals surface area contributed by atoms with Crippen LogP contribution in [0.5, 0.6) is 0 Å². The number of aliphatic hydroxyl groups is 1. The molecule has 0 aromatic heterocycles. The summed E-state index contributed by atoms with van der Waals surface area (Å²) in [7, 11) is 0. The molecule has 0 aliphatic carbocycles. The van der Waals surface area contributed by atoms with Crippen LogP contribution in [0, 0.1) is 0 Å². The monoisotopic (exact) mass is 672 g/mol. The first-order valence-electron chi connectivity index (χ1n) is 17.0. The van der Waals surface area contributed by atoms with E-state index in [0.29, 0.717) is 36.4 Å². The number of hydrogen-bond acceptors (Lipinski definition) is 9. The maximum absolute atomic E-state index is 13.0. The molecule has 5 rings (SSSR count). The van der Waals surface area contributed by atoms with E-state index < -0.39 is 11.9 Å². The van der Waals surface area contributed by atoms with Gasteiger partial charge >= 0.3 is 5.97 Å². The number of hydrogen-bond donors (Lipinski definition) is 4. The summed E-state index contributed by atoms with van der Waals surface area (Å²) in [5.74, 6) is -0.599. The average molecular weight is 673 g/mol. The van der Waals surface area contributed by atoms with Gasteiger partial charge in [-0.3, -0.25) is 19.3 Å². The van der Waals surface area contributed by atoms with Crippen LogP contribution in [0.2, 0.25) is 0 Å². The number of nitrogens with one attached hydrogen (secondary N) is 2. The van der Waals surface area contributed by atoms with Crippen LogP contribution < -0.4 is 16.4 Å². The lowest BCUT2D eigenvalue weighted by Crippen LogP contribution is -2.45. The summed E-state index contributed by atoms with van der Waals surface area (Å²) in [5, 5.41) is 15.2. The summed E-state index contributed by atoms with van der Waals surface area (Å²) in [5.41, 5.74) is 9.58. The van der Waals surface area contributed by atoms with E-state index in [1.54, 1.807) is 36.4 Å². The lowest BCUT2D eigenvalue weighted by molar-refractivity contribution is -0.253. The van der Waals surface area contributed by atoms with Gasteiger partial charge in [-0.25, -0.2) is 0 Å². The van der Waals surface area contributed by atoms with Crippen molar-refractivity contribution in [3.8, 4) is 0 Å². The fourth-order valence-electron chi connectivity index (χ4n) is 6.16. The molecule has 2 heterocycles. The number of ether oxygens (including phenoxy) is 3. The minimum Gasteiger partial charge on any atom is -0.459 e. The van der Waals surface area contributed by atoms with Crippen molar-refractivity contribution in [2.45, 2.75) is 96.0 Å². The highest BCUT2D eigenvalue weighted by Gasteiger charge is 2.39. The lowest BCUT2D eigenvalue weighted by Gasteiger charge is -2.38. The normalized spacial score (nSPS) is 21.2. The molecule has 11 heteroatoms. The molecule has 3 aromatic carbocycles. The third kappa shape index (κ3) is 10.4. The number of aliphatic hydroxyl groups excluding tert-OH is 1. The van der Waals surface area contributed by atoms with Gasteiger partial charge in [-0.2, -0.15) is 0 Å². The minimum absolute atomic E-state index is 0.0385. The number of carbonyl (C=O) groups is 3. The standard InChI is InChI=1S/C38H48N4O7/c1-38(2,3)49-36(46)32-10-7-21-42(32)23-29-22-33(26-15-13-25(24-43)14-16-26)48-37(47-29)27-17-19-28(20-18-27)40-34(44)11-6-12-35(45)41-31-9-5-4-8-30(31)39/h4-5,8-9,13-20,29,32-33,37,43H,6-7,10-12,21-24,39H2,1-3H3,(H,40,44)(H,41,45)/t29-,32-,33+,37+/m0/s1. The number of benzene rings is 3. The van der Waals surface area contributed by atoms with Gasteiger partial charge in [0.05, 0.1) is 30.2 Å². The van der Waals surface area contributed by atoms with Crippen molar-refractivity contribution in [1.82, 2.24) is 4.90 Å². The summed E-state index contributed by atoms with van der Waals surface area (Å²) in [6.07, 6.45) is 1.85. The van der Waals surface area contributed by atoms with Crippen molar-refractivity contribution >= 4 is 34.8 Å². The zero-order valence-electron chi connectivity index (χ0n) is 28.5. The Labute approximate surface area is 288 Å². The smallest absolute Gasteiger partial charge is 0.323 e. The second-order valence-corrected chi connectivity index (χ2v) is 13.7. The van der Waals surface area contributed by atoms with E-state index in [1.165, 1.54) is 0 Å². The van der Waals surface area contributed by atoms with Crippen LogP contribution >= 0.6 is 0 Å². The van der Waals surface area contributed by atoms with E-state index in [4.69, 9.17) is 19.9 Å². The van der Waals surface area contributed by atoms with Crippen LogP contribution in [0.15, 0.2) is 72.8 Å². The highest BCUT2D eigenvalue weighted by molar-refractivity contribution is 5.94. The van der Waals surface area contributed by atoms with Gasteiger partial charge in [-0.1, -0.05) is 48.5 Å². The number of nitrogen functional groups attached to an aromatic ring is 1. The molecule has 0 spiro atoms. The van der Waals surface area contributed by atoms with Crippen LogP contribution in [0.25, 0.3) is 0 Å². The van der Waals surface area contributed by atoms with E-state index in [-0.39, 0.29) is 55.5 Å².